The van der Waals surface area contributed by atoms with Crippen molar-refractivity contribution in [1.82, 2.24) is 0 Å². The number of hydrogen-bond donors (Lipinski definition) is 1. The van der Waals surface area contributed by atoms with E-state index in [1.54, 1.807) is 0 Å². The Hall–Kier alpha value is -0.300. The van der Waals surface area contributed by atoms with E-state index >= 15 is 0 Å². The zero-order valence-electron chi connectivity index (χ0n) is 4.30. The first-order valence-corrected chi connectivity index (χ1v) is 2.71. The van der Waals surface area contributed by atoms with Crippen molar-refractivity contribution in [3.05, 3.63) is 12.2 Å². The van der Waals surface area contributed by atoms with Crippen LogP contribution in [0.4, 0.5) is 0 Å². The van der Waals surface area contributed by atoms with Gasteiger partial charge in [0.25, 0.3) is 0 Å². The standard InChI is InChI=1S/C6H10O/c7-5-4-6-2-1-3-6/h1-2,6-7H,3-5H2. The Bertz CT molecular complexity index is 76.2. The van der Waals surface area contributed by atoms with Crippen LogP contribution in [0, 0.1) is 5.92 Å². The molecule has 0 saturated heterocycles. The molecule has 0 aromatic heterocycles. The molecule has 0 bridgehead atoms. The summed E-state index contributed by atoms with van der Waals surface area (Å²) in [6, 6.07) is 0. The SMILES string of the molecule is OCCC1C=CC1. The highest BCUT2D eigenvalue weighted by Crippen LogP contribution is 2.18. The summed E-state index contributed by atoms with van der Waals surface area (Å²) in [7, 11) is 0. The van der Waals surface area contributed by atoms with Crippen molar-refractivity contribution in [3.63, 3.8) is 0 Å². The molecule has 0 radical (unpaired) electrons. The van der Waals surface area contributed by atoms with Gasteiger partial charge >= 0.3 is 0 Å². The number of rotatable bonds is 2. The zero-order chi connectivity index (χ0) is 5.11. The van der Waals surface area contributed by atoms with E-state index in [0.717, 1.165) is 6.42 Å². The maximum Gasteiger partial charge on any atom is 0.0436 e. The molecule has 0 aromatic carbocycles. The van der Waals surface area contributed by atoms with E-state index in [0.29, 0.717) is 12.5 Å². The average molecular weight is 98.1 g/mol. The quantitative estimate of drug-likeness (QED) is 0.510. The van der Waals surface area contributed by atoms with Crippen LogP contribution in [0.1, 0.15) is 12.8 Å². The third-order valence-electron chi connectivity index (χ3n) is 1.35. The Balaban J connectivity index is 2.06. The van der Waals surface area contributed by atoms with Gasteiger partial charge in [0.15, 0.2) is 0 Å². The molecule has 1 N–H and O–H groups in total. The van der Waals surface area contributed by atoms with Gasteiger partial charge in [-0.15, -0.1) is 0 Å². The third-order valence-corrected chi connectivity index (χ3v) is 1.35. The summed E-state index contributed by atoms with van der Waals surface area (Å²) < 4.78 is 0. The fraction of sp³-hybridized carbons (Fsp3) is 0.667. The molecule has 0 aliphatic heterocycles. The van der Waals surface area contributed by atoms with Crippen molar-refractivity contribution in [1.29, 1.82) is 0 Å². The van der Waals surface area contributed by atoms with Gasteiger partial charge in [0.1, 0.15) is 0 Å². The van der Waals surface area contributed by atoms with Crippen LogP contribution in [0.3, 0.4) is 0 Å². The van der Waals surface area contributed by atoms with Gasteiger partial charge in [-0.2, -0.15) is 0 Å². The highest BCUT2D eigenvalue weighted by molar-refractivity contribution is 5.01. The van der Waals surface area contributed by atoms with Crippen LogP contribution < -0.4 is 0 Å². The Kier molecular flexibility index (Phi) is 1.47. The van der Waals surface area contributed by atoms with E-state index < -0.39 is 0 Å². The van der Waals surface area contributed by atoms with Gasteiger partial charge in [0.05, 0.1) is 0 Å². The summed E-state index contributed by atoms with van der Waals surface area (Å²) in [4.78, 5) is 0. The molecule has 1 unspecified atom stereocenters. The molecule has 1 atom stereocenters. The van der Waals surface area contributed by atoms with Crippen LogP contribution in [-0.4, -0.2) is 11.7 Å². The van der Waals surface area contributed by atoms with Crippen LogP contribution >= 0.6 is 0 Å². The van der Waals surface area contributed by atoms with Gasteiger partial charge in [-0.05, 0) is 18.8 Å². The second kappa shape index (κ2) is 2.12. The molecule has 1 nitrogen and oxygen atoms in total. The molecule has 40 valence electrons. The minimum Gasteiger partial charge on any atom is -0.396 e. The van der Waals surface area contributed by atoms with Gasteiger partial charge in [-0.3, -0.25) is 0 Å². The molecule has 0 fully saturated rings. The monoisotopic (exact) mass is 98.1 g/mol. The first-order valence-electron chi connectivity index (χ1n) is 2.71. The van der Waals surface area contributed by atoms with E-state index in [-0.39, 0.29) is 0 Å². The summed E-state index contributed by atoms with van der Waals surface area (Å²) in [5.74, 6) is 0.699. The van der Waals surface area contributed by atoms with Crippen molar-refractivity contribution < 1.29 is 5.11 Å². The topological polar surface area (TPSA) is 20.2 Å². The number of hydrogen-bond acceptors (Lipinski definition) is 1. The van der Waals surface area contributed by atoms with Gasteiger partial charge in [0.2, 0.25) is 0 Å². The van der Waals surface area contributed by atoms with Gasteiger partial charge in [0, 0.05) is 6.61 Å². The highest BCUT2D eigenvalue weighted by Gasteiger charge is 2.07. The Labute approximate surface area is 43.7 Å². The summed E-state index contributed by atoms with van der Waals surface area (Å²) in [6.45, 7) is 0.342. The van der Waals surface area contributed by atoms with E-state index in [1.165, 1.54) is 6.42 Å². The highest BCUT2D eigenvalue weighted by atomic mass is 16.3. The predicted octanol–water partition coefficient (Wildman–Crippen LogP) is 0.945. The maximum absolute atomic E-state index is 8.37. The molecule has 1 aliphatic rings. The van der Waals surface area contributed by atoms with Crippen molar-refractivity contribution >= 4 is 0 Å². The lowest BCUT2D eigenvalue weighted by Crippen LogP contribution is -2.04. The minimum absolute atomic E-state index is 0.342. The lowest BCUT2D eigenvalue weighted by atomic mass is 9.93. The Morgan fingerprint density at radius 3 is 2.57 bits per heavy atom. The molecule has 1 heteroatoms. The van der Waals surface area contributed by atoms with Crippen LogP contribution in [-0.2, 0) is 0 Å². The van der Waals surface area contributed by atoms with Crippen molar-refractivity contribution in [2.24, 2.45) is 5.92 Å². The summed E-state index contributed by atoms with van der Waals surface area (Å²) >= 11 is 0. The Morgan fingerprint density at radius 1 is 1.71 bits per heavy atom. The maximum atomic E-state index is 8.37. The van der Waals surface area contributed by atoms with E-state index in [2.05, 4.69) is 12.2 Å². The smallest absolute Gasteiger partial charge is 0.0436 e. The predicted molar refractivity (Wildman–Crippen MR) is 28.9 cm³/mol. The fourth-order valence-corrected chi connectivity index (χ4v) is 0.708. The number of allylic oxidation sites excluding steroid dienone is 2. The van der Waals surface area contributed by atoms with Gasteiger partial charge in [-0.1, -0.05) is 12.2 Å². The van der Waals surface area contributed by atoms with Crippen LogP contribution in [0.25, 0.3) is 0 Å². The normalized spacial score (nSPS) is 27.3. The zero-order valence-corrected chi connectivity index (χ0v) is 4.30. The number of aliphatic hydroxyl groups is 1. The summed E-state index contributed by atoms with van der Waals surface area (Å²) in [5.41, 5.74) is 0. The fourth-order valence-electron chi connectivity index (χ4n) is 0.708. The molecule has 7 heavy (non-hydrogen) atoms. The lowest BCUT2D eigenvalue weighted by Gasteiger charge is -2.14. The van der Waals surface area contributed by atoms with Crippen molar-refractivity contribution in [2.75, 3.05) is 6.61 Å². The molecule has 0 amide bonds. The Morgan fingerprint density at radius 2 is 2.43 bits per heavy atom. The lowest BCUT2D eigenvalue weighted by molar-refractivity contribution is 0.266. The molecule has 1 rings (SSSR count). The van der Waals surface area contributed by atoms with Crippen molar-refractivity contribution in [2.45, 2.75) is 12.8 Å². The molecule has 0 aromatic rings. The molecule has 1 aliphatic carbocycles. The van der Waals surface area contributed by atoms with Crippen LogP contribution in [0.2, 0.25) is 0 Å². The number of aliphatic hydroxyl groups excluding tert-OH is 1. The van der Waals surface area contributed by atoms with E-state index in [1.807, 2.05) is 0 Å². The van der Waals surface area contributed by atoms with Crippen LogP contribution in [0.5, 0.6) is 0 Å². The molecular formula is C6H10O. The molecular weight excluding hydrogens is 88.1 g/mol. The second-order valence-electron chi connectivity index (χ2n) is 1.94. The van der Waals surface area contributed by atoms with Crippen LogP contribution in [0.15, 0.2) is 12.2 Å². The molecule has 0 saturated carbocycles. The van der Waals surface area contributed by atoms with Gasteiger partial charge < -0.3 is 5.11 Å². The van der Waals surface area contributed by atoms with E-state index in [4.69, 9.17) is 5.11 Å². The van der Waals surface area contributed by atoms with Crippen molar-refractivity contribution in [3.8, 4) is 0 Å². The first-order chi connectivity index (χ1) is 3.43. The first kappa shape index (κ1) is 4.85. The summed E-state index contributed by atoms with van der Waals surface area (Å²) in [6.07, 6.45) is 6.42. The molecule has 0 heterocycles. The second-order valence-corrected chi connectivity index (χ2v) is 1.94. The third kappa shape index (κ3) is 1.03. The molecule has 0 spiro atoms. The largest absolute Gasteiger partial charge is 0.396 e. The minimum atomic E-state index is 0.342. The average Bonchev–Trinajstić information content (AvgIpc) is 1.55. The summed E-state index contributed by atoms with van der Waals surface area (Å²) in [5, 5.41) is 8.37. The van der Waals surface area contributed by atoms with Gasteiger partial charge in [-0.25, -0.2) is 0 Å². The van der Waals surface area contributed by atoms with E-state index in [9.17, 15) is 0 Å².